The van der Waals surface area contributed by atoms with Gasteiger partial charge >= 0.3 is 5.69 Å². The van der Waals surface area contributed by atoms with Gasteiger partial charge in [-0.2, -0.15) is 0 Å². The average molecular weight is 297 g/mol. The first-order chi connectivity index (χ1) is 8.00. The molecule has 0 amide bonds. The smallest absolute Gasteiger partial charge is 0.330 e. The van der Waals surface area contributed by atoms with Gasteiger partial charge in [0.25, 0.3) is 5.56 Å². The lowest BCUT2D eigenvalue weighted by Gasteiger charge is -2.07. The first-order valence-electron chi connectivity index (χ1n) is 4.79. The third-order valence-corrected chi connectivity index (χ3v) is 2.96. The van der Waals surface area contributed by atoms with Crippen LogP contribution in [-0.4, -0.2) is 14.7 Å². The van der Waals surface area contributed by atoms with Crippen molar-refractivity contribution in [3.8, 4) is 17.0 Å². The summed E-state index contributed by atoms with van der Waals surface area (Å²) in [4.78, 5) is 25.0. The molecule has 0 fully saturated rings. The predicted octanol–water partition coefficient (Wildman–Crippen LogP) is 1.21. The molecule has 0 atom stereocenters. The van der Waals surface area contributed by atoms with Gasteiger partial charge < -0.3 is 5.11 Å². The molecule has 88 valence electrons. The first-order valence-corrected chi connectivity index (χ1v) is 5.58. The fourth-order valence-electron chi connectivity index (χ4n) is 1.49. The molecule has 2 N–H and O–H groups in total. The highest BCUT2D eigenvalue weighted by molar-refractivity contribution is 9.10. The first kappa shape index (κ1) is 11.7. The number of aromatic amines is 1. The highest BCUT2D eigenvalue weighted by Gasteiger charge is 2.13. The van der Waals surface area contributed by atoms with Crippen molar-refractivity contribution >= 4 is 15.9 Å². The van der Waals surface area contributed by atoms with Gasteiger partial charge in [0.1, 0.15) is 5.56 Å². The van der Waals surface area contributed by atoms with E-state index in [4.69, 9.17) is 0 Å². The van der Waals surface area contributed by atoms with E-state index in [-0.39, 0.29) is 11.4 Å². The van der Waals surface area contributed by atoms with Crippen LogP contribution in [0.2, 0.25) is 0 Å². The minimum atomic E-state index is -0.645. The van der Waals surface area contributed by atoms with Crippen LogP contribution in [0.15, 0.2) is 38.3 Å². The molecule has 1 heterocycles. The molecule has 2 rings (SSSR count). The number of aromatic hydroxyl groups is 1. The molecule has 0 saturated carbocycles. The monoisotopic (exact) mass is 296 g/mol. The molecular weight excluding hydrogens is 288 g/mol. The van der Waals surface area contributed by atoms with Crippen LogP contribution in [0.4, 0.5) is 0 Å². The third-order valence-electron chi connectivity index (χ3n) is 2.43. The van der Waals surface area contributed by atoms with E-state index in [1.54, 1.807) is 24.3 Å². The molecule has 1 aromatic carbocycles. The van der Waals surface area contributed by atoms with Crippen molar-refractivity contribution in [1.29, 1.82) is 0 Å². The summed E-state index contributed by atoms with van der Waals surface area (Å²) in [6, 6.07) is 6.86. The van der Waals surface area contributed by atoms with Gasteiger partial charge in [-0.3, -0.25) is 14.3 Å². The van der Waals surface area contributed by atoms with Gasteiger partial charge in [0.05, 0.1) is 0 Å². The Morgan fingerprint density at radius 3 is 2.41 bits per heavy atom. The van der Waals surface area contributed by atoms with E-state index >= 15 is 0 Å². The van der Waals surface area contributed by atoms with Crippen molar-refractivity contribution in [3.63, 3.8) is 0 Å². The molecule has 0 bridgehead atoms. The molecule has 0 radical (unpaired) electrons. The largest absolute Gasteiger partial charge is 0.494 e. The second-order valence-corrected chi connectivity index (χ2v) is 4.44. The molecule has 0 aliphatic heterocycles. The van der Waals surface area contributed by atoms with Gasteiger partial charge in [0, 0.05) is 11.5 Å². The number of hydrogen-bond donors (Lipinski definition) is 2. The number of nitrogens with one attached hydrogen (secondary N) is 1. The Hall–Kier alpha value is -1.82. The highest BCUT2D eigenvalue weighted by atomic mass is 79.9. The van der Waals surface area contributed by atoms with Crippen LogP contribution in [0.3, 0.4) is 0 Å². The van der Waals surface area contributed by atoms with Gasteiger partial charge in [0.15, 0.2) is 0 Å². The van der Waals surface area contributed by atoms with Gasteiger partial charge in [0.2, 0.25) is 5.88 Å². The van der Waals surface area contributed by atoms with Gasteiger partial charge in [-0.15, -0.1) is 0 Å². The standard InChI is InChI=1S/C11H9BrN2O3/c1-14-10(16)8(9(15)13-11(14)17)6-2-4-7(12)5-3-6/h2-5,16H,1H3,(H,13,15,17). The zero-order valence-electron chi connectivity index (χ0n) is 8.90. The average Bonchev–Trinajstić information content (AvgIpc) is 2.29. The molecule has 2 aromatic rings. The number of halogens is 1. The van der Waals surface area contributed by atoms with E-state index in [0.29, 0.717) is 5.56 Å². The van der Waals surface area contributed by atoms with Crippen LogP contribution in [0, 0.1) is 0 Å². The van der Waals surface area contributed by atoms with E-state index in [0.717, 1.165) is 9.04 Å². The maximum atomic E-state index is 11.7. The summed E-state index contributed by atoms with van der Waals surface area (Å²) < 4.78 is 1.85. The van der Waals surface area contributed by atoms with E-state index in [1.807, 2.05) is 0 Å². The number of benzene rings is 1. The van der Waals surface area contributed by atoms with Crippen molar-refractivity contribution in [2.45, 2.75) is 0 Å². The zero-order valence-corrected chi connectivity index (χ0v) is 10.5. The Balaban J connectivity index is 2.76. The second-order valence-electron chi connectivity index (χ2n) is 3.52. The van der Waals surface area contributed by atoms with Crippen molar-refractivity contribution < 1.29 is 5.11 Å². The van der Waals surface area contributed by atoms with Crippen LogP contribution < -0.4 is 11.2 Å². The molecule has 0 spiro atoms. The molecule has 0 saturated heterocycles. The Kier molecular flexibility index (Phi) is 2.89. The third kappa shape index (κ3) is 2.03. The lowest BCUT2D eigenvalue weighted by Crippen LogP contribution is -2.29. The Labute approximate surface area is 104 Å². The summed E-state index contributed by atoms with van der Waals surface area (Å²) in [6.45, 7) is 0. The lowest BCUT2D eigenvalue weighted by molar-refractivity contribution is 0.420. The normalized spacial score (nSPS) is 10.5. The van der Waals surface area contributed by atoms with Crippen molar-refractivity contribution in [1.82, 2.24) is 9.55 Å². The quantitative estimate of drug-likeness (QED) is 0.830. The van der Waals surface area contributed by atoms with Gasteiger partial charge in [-0.05, 0) is 17.7 Å². The predicted molar refractivity (Wildman–Crippen MR) is 67.1 cm³/mol. The van der Waals surface area contributed by atoms with E-state index in [2.05, 4.69) is 20.9 Å². The SMILES string of the molecule is Cn1c(O)c(-c2ccc(Br)cc2)c(=O)[nH]c1=O. The number of aromatic nitrogens is 2. The molecule has 6 heteroatoms. The van der Waals surface area contributed by atoms with E-state index in [9.17, 15) is 14.7 Å². The van der Waals surface area contributed by atoms with Crippen molar-refractivity contribution in [3.05, 3.63) is 49.6 Å². The summed E-state index contributed by atoms with van der Waals surface area (Å²) in [5.74, 6) is -0.346. The van der Waals surface area contributed by atoms with Crippen LogP contribution in [0.5, 0.6) is 5.88 Å². The van der Waals surface area contributed by atoms with Gasteiger partial charge in [-0.25, -0.2) is 4.79 Å². The summed E-state index contributed by atoms with van der Waals surface area (Å²) in [5, 5.41) is 9.81. The zero-order chi connectivity index (χ0) is 12.6. The molecule has 17 heavy (non-hydrogen) atoms. The van der Waals surface area contributed by atoms with Crippen LogP contribution >= 0.6 is 15.9 Å². The Bertz CT molecular complexity index is 671. The Morgan fingerprint density at radius 1 is 1.24 bits per heavy atom. The maximum Gasteiger partial charge on any atom is 0.330 e. The summed E-state index contributed by atoms with van der Waals surface area (Å²) in [7, 11) is 1.38. The number of rotatable bonds is 1. The lowest BCUT2D eigenvalue weighted by atomic mass is 10.1. The number of nitrogens with zero attached hydrogens (tertiary/aromatic N) is 1. The number of H-pyrrole nitrogens is 1. The topological polar surface area (TPSA) is 75.1 Å². The molecule has 0 unspecified atom stereocenters. The second kappa shape index (κ2) is 4.21. The van der Waals surface area contributed by atoms with Gasteiger partial charge in [-0.1, -0.05) is 28.1 Å². The Morgan fingerprint density at radius 2 is 1.82 bits per heavy atom. The molecular formula is C11H9BrN2O3. The molecule has 0 aliphatic carbocycles. The van der Waals surface area contributed by atoms with Crippen LogP contribution in [0.1, 0.15) is 0 Å². The number of hydrogen-bond acceptors (Lipinski definition) is 3. The molecule has 1 aromatic heterocycles. The highest BCUT2D eigenvalue weighted by Crippen LogP contribution is 2.24. The summed E-state index contributed by atoms with van der Waals surface area (Å²) >= 11 is 3.28. The molecule has 0 aliphatic rings. The van der Waals surface area contributed by atoms with E-state index in [1.165, 1.54) is 7.05 Å². The van der Waals surface area contributed by atoms with E-state index < -0.39 is 11.2 Å². The fraction of sp³-hybridized carbons (Fsp3) is 0.0909. The minimum Gasteiger partial charge on any atom is -0.494 e. The van der Waals surface area contributed by atoms with Crippen LogP contribution in [-0.2, 0) is 7.05 Å². The summed E-state index contributed by atoms with van der Waals surface area (Å²) in [5.41, 5.74) is -0.622. The fourth-order valence-corrected chi connectivity index (χ4v) is 1.75. The maximum absolute atomic E-state index is 11.7. The van der Waals surface area contributed by atoms with Crippen LogP contribution in [0.25, 0.3) is 11.1 Å². The van der Waals surface area contributed by atoms with Crippen molar-refractivity contribution in [2.24, 2.45) is 7.05 Å². The summed E-state index contributed by atoms with van der Waals surface area (Å²) in [6.07, 6.45) is 0. The minimum absolute atomic E-state index is 0.0830. The van der Waals surface area contributed by atoms with Crippen molar-refractivity contribution in [2.75, 3.05) is 0 Å². The molecule has 5 nitrogen and oxygen atoms in total.